The molecular weight excluding hydrogens is 470 g/mol. The Kier molecular flexibility index (Phi) is 7.39. The normalized spacial score (nSPS) is 31.4. The highest BCUT2D eigenvalue weighted by molar-refractivity contribution is 7.15. The van der Waals surface area contributed by atoms with Crippen molar-refractivity contribution in [1.29, 1.82) is 0 Å². The van der Waals surface area contributed by atoms with Crippen LogP contribution < -0.4 is 5.32 Å². The van der Waals surface area contributed by atoms with Crippen molar-refractivity contribution >= 4 is 22.4 Å². The van der Waals surface area contributed by atoms with Gasteiger partial charge in [0, 0.05) is 67.7 Å². The van der Waals surface area contributed by atoms with E-state index in [1.165, 1.54) is 4.88 Å². The van der Waals surface area contributed by atoms with Gasteiger partial charge in [0.25, 0.3) is 0 Å². The second kappa shape index (κ2) is 10.4. The molecule has 1 amide bonds. The van der Waals surface area contributed by atoms with Crippen molar-refractivity contribution in [3.63, 3.8) is 0 Å². The SMILES string of the molecule is C[C@H](C(=O)N1CCN(C)CC1)[C@H]1CC[C@]2(C)Cc3sc(NCCc4ccccn4)nc3[C@H](C)[C@@H]2[C@H]1O. The molecule has 1 aliphatic heterocycles. The molecule has 3 aliphatic rings. The Labute approximate surface area is 219 Å². The zero-order valence-electron chi connectivity index (χ0n) is 22.1. The average molecular weight is 512 g/mol. The average Bonchev–Trinajstić information content (AvgIpc) is 3.27. The maximum absolute atomic E-state index is 13.3. The predicted molar refractivity (Wildman–Crippen MR) is 144 cm³/mol. The quantitative estimate of drug-likeness (QED) is 0.616. The van der Waals surface area contributed by atoms with Crippen LogP contribution in [0.1, 0.15) is 55.8 Å². The van der Waals surface area contributed by atoms with Crippen LogP contribution in [0.4, 0.5) is 5.13 Å². The summed E-state index contributed by atoms with van der Waals surface area (Å²) in [6, 6.07) is 6.01. The van der Waals surface area contributed by atoms with Gasteiger partial charge in [0.15, 0.2) is 5.13 Å². The maximum atomic E-state index is 13.3. The zero-order valence-corrected chi connectivity index (χ0v) is 22.9. The van der Waals surface area contributed by atoms with Gasteiger partial charge in [0.1, 0.15) is 0 Å². The third-order valence-electron chi connectivity index (χ3n) is 9.15. The molecule has 3 heterocycles. The van der Waals surface area contributed by atoms with E-state index in [0.29, 0.717) is 0 Å². The fraction of sp³-hybridized carbons (Fsp3) is 0.679. The van der Waals surface area contributed by atoms with Crippen LogP contribution in [-0.2, 0) is 17.6 Å². The number of nitrogens with zero attached hydrogens (tertiary/aromatic N) is 4. The number of nitrogens with one attached hydrogen (secondary N) is 1. The van der Waals surface area contributed by atoms with Gasteiger partial charge < -0.3 is 20.2 Å². The van der Waals surface area contributed by atoms with Crippen molar-refractivity contribution in [2.24, 2.45) is 23.2 Å². The number of anilines is 1. The van der Waals surface area contributed by atoms with Crippen molar-refractivity contribution < 1.29 is 9.90 Å². The molecule has 0 unspecified atom stereocenters. The van der Waals surface area contributed by atoms with Crippen molar-refractivity contribution in [2.45, 2.75) is 58.5 Å². The maximum Gasteiger partial charge on any atom is 0.225 e. The number of piperazine rings is 1. The lowest BCUT2D eigenvalue weighted by Crippen LogP contribution is -2.55. The van der Waals surface area contributed by atoms with E-state index in [1.54, 1.807) is 11.3 Å². The van der Waals surface area contributed by atoms with E-state index in [0.717, 1.165) is 74.9 Å². The zero-order chi connectivity index (χ0) is 25.4. The molecule has 0 radical (unpaired) electrons. The Hall–Kier alpha value is -2.03. The Morgan fingerprint density at radius 1 is 1.31 bits per heavy atom. The molecule has 6 atom stereocenters. The lowest BCUT2D eigenvalue weighted by Gasteiger charge is -2.53. The first-order valence-electron chi connectivity index (χ1n) is 13.6. The van der Waals surface area contributed by atoms with E-state index >= 15 is 0 Å². The summed E-state index contributed by atoms with van der Waals surface area (Å²) in [6.45, 7) is 10.9. The van der Waals surface area contributed by atoms with E-state index in [-0.39, 0.29) is 35.0 Å². The van der Waals surface area contributed by atoms with Crippen molar-refractivity contribution in [1.82, 2.24) is 19.8 Å². The molecule has 2 aromatic heterocycles. The molecule has 7 nitrogen and oxygen atoms in total. The number of aliphatic hydroxyl groups excluding tert-OH is 1. The lowest BCUT2D eigenvalue weighted by atomic mass is 9.53. The molecule has 2 aromatic rings. The minimum Gasteiger partial charge on any atom is -0.392 e. The highest BCUT2D eigenvalue weighted by Crippen LogP contribution is 2.57. The van der Waals surface area contributed by atoms with Gasteiger partial charge in [-0.2, -0.15) is 0 Å². The molecule has 2 fully saturated rings. The van der Waals surface area contributed by atoms with Gasteiger partial charge in [-0.1, -0.05) is 26.8 Å². The van der Waals surface area contributed by atoms with Crippen LogP contribution in [-0.4, -0.2) is 76.7 Å². The number of likely N-dealkylation sites (N-methyl/N-ethyl adjacent to an activating group) is 1. The number of hydrogen-bond acceptors (Lipinski definition) is 7. The first-order chi connectivity index (χ1) is 17.3. The second-order valence-electron chi connectivity index (χ2n) is 11.6. The molecular formula is C28H41N5O2S. The standard InChI is InChI=1S/C28H41N5O2S/c1-18(26(35)33-15-13-32(4)14-16-33)21-8-10-28(3)17-22-24(19(2)23(28)25(21)34)31-27(36-22)30-12-9-20-7-5-6-11-29-20/h5-7,11,18-19,21,23,25,34H,8-10,12-17H2,1-4H3,(H,30,31)/t18-,19+,21+,23+,25-,28+/m0/s1. The number of pyridine rings is 1. The number of amides is 1. The Morgan fingerprint density at radius 2 is 2.08 bits per heavy atom. The van der Waals surface area contributed by atoms with Crippen LogP contribution in [0.3, 0.4) is 0 Å². The van der Waals surface area contributed by atoms with Crippen molar-refractivity contribution in [3.8, 4) is 0 Å². The minimum atomic E-state index is -0.486. The van der Waals surface area contributed by atoms with Crippen molar-refractivity contribution in [2.75, 3.05) is 45.1 Å². The summed E-state index contributed by atoms with van der Waals surface area (Å²) in [5, 5.41) is 16.2. The van der Waals surface area contributed by atoms with Gasteiger partial charge in [-0.25, -0.2) is 4.98 Å². The Bertz CT molecular complexity index is 1050. The van der Waals surface area contributed by atoms with Crippen LogP contribution in [0, 0.1) is 23.2 Å². The summed E-state index contributed by atoms with van der Waals surface area (Å²) < 4.78 is 0. The topological polar surface area (TPSA) is 81.6 Å². The van der Waals surface area contributed by atoms with Crippen molar-refractivity contribution in [3.05, 3.63) is 40.7 Å². The number of aromatic nitrogens is 2. The third kappa shape index (κ3) is 4.92. The monoisotopic (exact) mass is 511 g/mol. The fourth-order valence-corrected chi connectivity index (χ4v) is 8.25. The fourth-order valence-electron chi connectivity index (χ4n) is 6.96. The van der Waals surface area contributed by atoms with Crippen LogP contribution >= 0.6 is 11.3 Å². The summed E-state index contributed by atoms with van der Waals surface area (Å²) in [4.78, 5) is 28.4. The smallest absolute Gasteiger partial charge is 0.225 e. The summed E-state index contributed by atoms with van der Waals surface area (Å²) in [7, 11) is 2.11. The van der Waals surface area contributed by atoms with Crippen LogP contribution in [0.25, 0.3) is 0 Å². The van der Waals surface area contributed by atoms with Crippen LogP contribution in [0.5, 0.6) is 0 Å². The largest absolute Gasteiger partial charge is 0.392 e. The molecule has 2 N–H and O–H groups in total. The van der Waals surface area contributed by atoms with E-state index in [1.807, 2.05) is 30.2 Å². The first-order valence-corrected chi connectivity index (χ1v) is 14.4. The van der Waals surface area contributed by atoms with E-state index in [9.17, 15) is 9.90 Å². The molecule has 1 saturated carbocycles. The van der Waals surface area contributed by atoms with E-state index < -0.39 is 6.10 Å². The van der Waals surface area contributed by atoms with E-state index in [4.69, 9.17) is 4.98 Å². The third-order valence-corrected chi connectivity index (χ3v) is 10.2. The molecule has 0 spiro atoms. The van der Waals surface area contributed by atoms with Gasteiger partial charge in [-0.3, -0.25) is 9.78 Å². The van der Waals surface area contributed by atoms with Crippen LogP contribution in [0.2, 0.25) is 0 Å². The summed E-state index contributed by atoms with van der Waals surface area (Å²) in [5.74, 6) is 0.364. The Balaban J connectivity index is 1.27. The number of hydrogen-bond donors (Lipinski definition) is 2. The van der Waals surface area contributed by atoms with Crippen LogP contribution in [0.15, 0.2) is 24.4 Å². The van der Waals surface area contributed by atoms with Gasteiger partial charge in [-0.05, 0) is 55.7 Å². The molecule has 8 heteroatoms. The number of rotatable bonds is 6. The first kappa shape index (κ1) is 25.6. The summed E-state index contributed by atoms with van der Waals surface area (Å²) in [5.41, 5.74) is 2.25. The van der Waals surface area contributed by atoms with E-state index in [2.05, 4.69) is 42.2 Å². The number of fused-ring (bicyclic) bond motifs is 2. The summed E-state index contributed by atoms with van der Waals surface area (Å²) >= 11 is 1.77. The number of thiazole rings is 1. The molecule has 5 rings (SSSR count). The highest BCUT2D eigenvalue weighted by Gasteiger charge is 2.54. The molecule has 0 aromatic carbocycles. The second-order valence-corrected chi connectivity index (χ2v) is 12.7. The Morgan fingerprint density at radius 3 is 2.81 bits per heavy atom. The number of aliphatic hydroxyl groups is 1. The molecule has 2 aliphatic carbocycles. The molecule has 196 valence electrons. The number of carbonyl (C=O) groups excluding carboxylic acids is 1. The summed E-state index contributed by atoms with van der Waals surface area (Å²) in [6.07, 6.45) is 5.12. The van der Waals surface area contributed by atoms with Gasteiger partial charge in [-0.15, -0.1) is 11.3 Å². The van der Waals surface area contributed by atoms with Gasteiger partial charge >= 0.3 is 0 Å². The molecule has 36 heavy (non-hydrogen) atoms. The van der Waals surface area contributed by atoms with Gasteiger partial charge in [0.05, 0.1) is 11.8 Å². The minimum absolute atomic E-state index is 0.00818. The highest BCUT2D eigenvalue weighted by atomic mass is 32.1. The lowest BCUT2D eigenvalue weighted by molar-refractivity contribution is -0.146. The van der Waals surface area contributed by atoms with Gasteiger partial charge in [0.2, 0.25) is 5.91 Å². The predicted octanol–water partition coefficient (Wildman–Crippen LogP) is 3.66. The molecule has 0 bridgehead atoms. The number of carbonyl (C=O) groups is 1. The molecule has 1 saturated heterocycles.